The standard InChI is InChI=1S/C16H18Cl2N2/c17-15-7-4-8-16(18)14(15)12-20(10-9-19)11-13-5-2-1-3-6-13/h1-8H,9-12,19H2. The largest absolute Gasteiger partial charge is 0.329 e. The molecular formula is C16H18Cl2N2. The van der Waals surface area contributed by atoms with E-state index in [1.54, 1.807) is 0 Å². The van der Waals surface area contributed by atoms with Crippen LogP contribution in [-0.2, 0) is 13.1 Å². The van der Waals surface area contributed by atoms with Crippen molar-refractivity contribution in [1.82, 2.24) is 4.90 Å². The minimum atomic E-state index is 0.606. The minimum absolute atomic E-state index is 0.606. The number of rotatable bonds is 6. The van der Waals surface area contributed by atoms with Gasteiger partial charge in [0.2, 0.25) is 0 Å². The number of halogens is 2. The molecule has 2 aromatic carbocycles. The Morgan fingerprint density at radius 3 is 2.10 bits per heavy atom. The summed E-state index contributed by atoms with van der Waals surface area (Å²) in [6, 6.07) is 15.9. The molecule has 2 N–H and O–H groups in total. The summed E-state index contributed by atoms with van der Waals surface area (Å²) < 4.78 is 0. The van der Waals surface area contributed by atoms with Gasteiger partial charge in [-0.2, -0.15) is 0 Å². The summed E-state index contributed by atoms with van der Waals surface area (Å²) in [5, 5.41) is 1.40. The van der Waals surface area contributed by atoms with Crippen LogP contribution >= 0.6 is 23.2 Å². The van der Waals surface area contributed by atoms with Gasteiger partial charge in [-0.3, -0.25) is 4.90 Å². The van der Waals surface area contributed by atoms with Crippen molar-refractivity contribution < 1.29 is 0 Å². The smallest absolute Gasteiger partial charge is 0.0465 e. The molecule has 4 heteroatoms. The lowest BCUT2D eigenvalue weighted by Crippen LogP contribution is -2.29. The molecule has 20 heavy (non-hydrogen) atoms. The van der Waals surface area contributed by atoms with Crippen LogP contribution in [0.1, 0.15) is 11.1 Å². The molecule has 2 nitrogen and oxygen atoms in total. The Morgan fingerprint density at radius 1 is 0.850 bits per heavy atom. The zero-order valence-electron chi connectivity index (χ0n) is 11.2. The summed E-state index contributed by atoms with van der Waals surface area (Å²) in [5.41, 5.74) is 7.92. The van der Waals surface area contributed by atoms with Crippen LogP contribution in [0.3, 0.4) is 0 Å². The fourth-order valence-electron chi connectivity index (χ4n) is 2.15. The molecule has 106 valence electrons. The number of nitrogens with zero attached hydrogens (tertiary/aromatic N) is 1. The maximum Gasteiger partial charge on any atom is 0.0465 e. The van der Waals surface area contributed by atoms with Crippen LogP contribution < -0.4 is 5.73 Å². The van der Waals surface area contributed by atoms with E-state index in [0.29, 0.717) is 23.1 Å². The van der Waals surface area contributed by atoms with E-state index in [1.807, 2.05) is 36.4 Å². The summed E-state index contributed by atoms with van der Waals surface area (Å²) in [6.07, 6.45) is 0. The van der Waals surface area contributed by atoms with Crippen LogP contribution in [0.5, 0.6) is 0 Å². The van der Waals surface area contributed by atoms with E-state index < -0.39 is 0 Å². The van der Waals surface area contributed by atoms with E-state index in [-0.39, 0.29) is 0 Å². The third kappa shape index (κ3) is 4.22. The van der Waals surface area contributed by atoms with Gasteiger partial charge in [0.1, 0.15) is 0 Å². The highest BCUT2D eigenvalue weighted by molar-refractivity contribution is 6.35. The highest BCUT2D eigenvalue weighted by Gasteiger charge is 2.11. The Hall–Kier alpha value is -1.06. The number of benzene rings is 2. The zero-order chi connectivity index (χ0) is 14.4. The molecule has 2 aromatic rings. The maximum atomic E-state index is 6.23. The number of hydrogen-bond acceptors (Lipinski definition) is 2. The molecule has 0 saturated carbocycles. The third-order valence-electron chi connectivity index (χ3n) is 3.14. The topological polar surface area (TPSA) is 29.3 Å². The Bertz CT molecular complexity index is 523. The summed E-state index contributed by atoms with van der Waals surface area (Å²) >= 11 is 12.5. The van der Waals surface area contributed by atoms with E-state index in [9.17, 15) is 0 Å². The molecule has 0 radical (unpaired) electrons. The lowest BCUT2D eigenvalue weighted by atomic mass is 10.1. The summed E-state index contributed by atoms with van der Waals surface area (Å²) in [5.74, 6) is 0. The van der Waals surface area contributed by atoms with Crippen molar-refractivity contribution in [2.75, 3.05) is 13.1 Å². The van der Waals surface area contributed by atoms with Crippen molar-refractivity contribution in [3.63, 3.8) is 0 Å². The highest BCUT2D eigenvalue weighted by Crippen LogP contribution is 2.26. The Balaban J connectivity index is 2.13. The van der Waals surface area contributed by atoms with Gasteiger partial charge in [0.25, 0.3) is 0 Å². The van der Waals surface area contributed by atoms with E-state index in [2.05, 4.69) is 17.0 Å². The molecular weight excluding hydrogens is 291 g/mol. The van der Waals surface area contributed by atoms with Gasteiger partial charge in [0.05, 0.1) is 0 Å². The number of nitrogens with two attached hydrogens (primary N) is 1. The van der Waals surface area contributed by atoms with Crippen molar-refractivity contribution in [1.29, 1.82) is 0 Å². The molecule has 0 fully saturated rings. The molecule has 0 unspecified atom stereocenters. The second kappa shape index (κ2) is 7.65. The lowest BCUT2D eigenvalue weighted by molar-refractivity contribution is 0.264. The molecule has 0 bridgehead atoms. The quantitative estimate of drug-likeness (QED) is 0.875. The van der Waals surface area contributed by atoms with Gasteiger partial charge in [0, 0.05) is 41.8 Å². The molecule has 0 aliphatic heterocycles. The Kier molecular flexibility index (Phi) is 5.86. The van der Waals surface area contributed by atoms with Crippen molar-refractivity contribution in [3.05, 3.63) is 69.7 Å². The lowest BCUT2D eigenvalue weighted by Gasteiger charge is -2.23. The molecule has 0 saturated heterocycles. The summed E-state index contributed by atoms with van der Waals surface area (Å²) in [4.78, 5) is 2.25. The first-order chi connectivity index (χ1) is 9.70. The normalized spacial score (nSPS) is 11.0. The average Bonchev–Trinajstić information content (AvgIpc) is 2.44. The van der Waals surface area contributed by atoms with Crippen LogP contribution in [0, 0.1) is 0 Å². The summed E-state index contributed by atoms with van der Waals surface area (Å²) in [7, 11) is 0. The van der Waals surface area contributed by atoms with Gasteiger partial charge in [0.15, 0.2) is 0 Å². The van der Waals surface area contributed by atoms with E-state index >= 15 is 0 Å². The highest BCUT2D eigenvalue weighted by atomic mass is 35.5. The van der Waals surface area contributed by atoms with E-state index in [4.69, 9.17) is 28.9 Å². The second-order valence-electron chi connectivity index (χ2n) is 4.69. The molecule has 0 aromatic heterocycles. The monoisotopic (exact) mass is 308 g/mol. The first-order valence-electron chi connectivity index (χ1n) is 6.60. The molecule has 0 heterocycles. The molecule has 2 rings (SSSR count). The van der Waals surface area contributed by atoms with Crippen LogP contribution in [0.2, 0.25) is 10.0 Å². The van der Waals surface area contributed by atoms with E-state index in [0.717, 1.165) is 18.7 Å². The van der Waals surface area contributed by atoms with Crippen molar-refractivity contribution >= 4 is 23.2 Å². The summed E-state index contributed by atoms with van der Waals surface area (Å²) in [6.45, 7) is 2.94. The molecule has 0 atom stereocenters. The van der Waals surface area contributed by atoms with Gasteiger partial charge in [-0.05, 0) is 17.7 Å². The van der Waals surface area contributed by atoms with Crippen LogP contribution in [0.4, 0.5) is 0 Å². The minimum Gasteiger partial charge on any atom is -0.329 e. The van der Waals surface area contributed by atoms with Crippen molar-refractivity contribution in [3.8, 4) is 0 Å². The average molecular weight is 309 g/mol. The Labute approximate surface area is 130 Å². The maximum absolute atomic E-state index is 6.23. The van der Waals surface area contributed by atoms with Crippen LogP contribution in [0.15, 0.2) is 48.5 Å². The van der Waals surface area contributed by atoms with Crippen molar-refractivity contribution in [2.45, 2.75) is 13.1 Å². The first kappa shape index (κ1) is 15.3. The molecule has 0 amide bonds. The molecule has 0 aliphatic carbocycles. The third-order valence-corrected chi connectivity index (χ3v) is 3.85. The van der Waals surface area contributed by atoms with Gasteiger partial charge in [-0.25, -0.2) is 0 Å². The fraction of sp³-hybridized carbons (Fsp3) is 0.250. The Morgan fingerprint density at radius 2 is 1.50 bits per heavy atom. The predicted octanol–water partition coefficient (Wildman–Crippen LogP) is 3.95. The van der Waals surface area contributed by atoms with Crippen LogP contribution in [-0.4, -0.2) is 18.0 Å². The number of hydrogen-bond donors (Lipinski definition) is 1. The van der Waals surface area contributed by atoms with Crippen LogP contribution in [0.25, 0.3) is 0 Å². The van der Waals surface area contributed by atoms with Crippen molar-refractivity contribution in [2.24, 2.45) is 5.73 Å². The predicted molar refractivity (Wildman–Crippen MR) is 86.1 cm³/mol. The van der Waals surface area contributed by atoms with E-state index in [1.165, 1.54) is 5.56 Å². The van der Waals surface area contributed by atoms with Gasteiger partial charge >= 0.3 is 0 Å². The zero-order valence-corrected chi connectivity index (χ0v) is 12.7. The van der Waals surface area contributed by atoms with Gasteiger partial charge in [-0.15, -0.1) is 0 Å². The fourth-order valence-corrected chi connectivity index (χ4v) is 2.66. The first-order valence-corrected chi connectivity index (χ1v) is 7.35. The van der Waals surface area contributed by atoms with Gasteiger partial charge < -0.3 is 5.73 Å². The van der Waals surface area contributed by atoms with Gasteiger partial charge in [-0.1, -0.05) is 59.6 Å². The SMILES string of the molecule is NCCN(Cc1ccccc1)Cc1c(Cl)cccc1Cl. The molecule has 0 aliphatic rings. The second-order valence-corrected chi connectivity index (χ2v) is 5.50. The molecule has 0 spiro atoms.